The molecule has 1 fully saturated rings. The van der Waals surface area contributed by atoms with Gasteiger partial charge in [-0.2, -0.15) is 0 Å². The van der Waals surface area contributed by atoms with Crippen LogP contribution in [0.4, 0.5) is 0 Å². The van der Waals surface area contributed by atoms with E-state index in [4.69, 9.17) is 0 Å². The Balaban J connectivity index is 2.56. The summed E-state index contributed by atoms with van der Waals surface area (Å²) in [6, 6.07) is 0.261. The SMILES string of the molecule is CCC1NC(C(=O)NCC=O)C(C)[C@@H]1C. The number of aldehydes is 1. The number of rotatable bonds is 4. The van der Waals surface area contributed by atoms with Crippen molar-refractivity contribution in [3.63, 3.8) is 0 Å². The van der Waals surface area contributed by atoms with Gasteiger partial charge in [-0.25, -0.2) is 0 Å². The highest BCUT2D eigenvalue weighted by molar-refractivity contribution is 5.84. The summed E-state index contributed by atoms with van der Waals surface area (Å²) < 4.78 is 0. The average molecular weight is 212 g/mol. The van der Waals surface area contributed by atoms with Gasteiger partial charge in [-0.05, 0) is 18.3 Å². The van der Waals surface area contributed by atoms with E-state index in [1.54, 1.807) is 0 Å². The molecule has 1 rings (SSSR count). The minimum atomic E-state index is -0.148. The van der Waals surface area contributed by atoms with Crippen LogP contribution in [-0.4, -0.2) is 30.8 Å². The summed E-state index contributed by atoms with van der Waals surface area (Å²) in [5.74, 6) is 0.765. The molecule has 0 spiro atoms. The van der Waals surface area contributed by atoms with Crippen LogP contribution in [0.3, 0.4) is 0 Å². The fourth-order valence-corrected chi connectivity index (χ4v) is 2.26. The van der Waals surface area contributed by atoms with E-state index in [-0.39, 0.29) is 18.5 Å². The predicted octanol–water partition coefficient (Wildman–Crippen LogP) is 0.324. The molecular weight excluding hydrogens is 192 g/mol. The zero-order valence-corrected chi connectivity index (χ0v) is 9.62. The van der Waals surface area contributed by atoms with Crippen molar-refractivity contribution >= 4 is 12.2 Å². The first kappa shape index (κ1) is 12.2. The van der Waals surface area contributed by atoms with E-state index in [9.17, 15) is 9.59 Å². The monoisotopic (exact) mass is 212 g/mol. The van der Waals surface area contributed by atoms with Crippen molar-refractivity contribution < 1.29 is 9.59 Å². The maximum atomic E-state index is 11.7. The average Bonchev–Trinajstić information content (AvgIpc) is 2.52. The molecule has 2 N–H and O–H groups in total. The summed E-state index contributed by atoms with van der Waals surface area (Å²) in [6.45, 7) is 6.47. The molecule has 1 saturated heterocycles. The maximum absolute atomic E-state index is 11.7. The number of amides is 1. The van der Waals surface area contributed by atoms with Gasteiger partial charge in [0.05, 0.1) is 12.6 Å². The van der Waals surface area contributed by atoms with Gasteiger partial charge in [-0.1, -0.05) is 20.8 Å². The van der Waals surface area contributed by atoms with Crippen LogP contribution < -0.4 is 10.6 Å². The molecule has 4 atom stereocenters. The molecule has 4 nitrogen and oxygen atoms in total. The second-order valence-corrected chi connectivity index (χ2v) is 4.29. The van der Waals surface area contributed by atoms with Crippen molar-refractivity contribution in [2.75, 3.05) is 6.54 Å². The summed E-state index contributed by atoms with van der Waals surface area (Å²) in [7, 11) is 0. The van der Waals surface area contributed by atoms with Crippen LogP contribution >= 0.6 is 0 Å². The number of carbonyl (C=O) groups is 2. The molecule has 1 aliphatic heterocycles. The van der Waals surface area contributed by atoms with Crippen LogP contribution in [-0.2, 0) is 9.59 Å². The van der Waals surface area contributed by atoms with Crippen molar-refractivity contribution in [3.05, 3.63) is 0 Å². The molecule has 0 aromatic carbocycles. The number of nitrogens with one attached hydrogen (secondary N) is 2. The van der Waals surface area contributed by atoms with Gasteiger partial charge in [0.1, 0.15) is 6.29 Å². The molecule has 3 unspecified atom stereocenters. The second-order valence-electron chi connectivity index (χ2n) is 4.29. The third-order valence-electron chi connectivity index (χ3n) is 3.47. The molecule has 0 aromatic heterocycles. The Morgan fingerprint density at radius 1 is 1.40 bits per heavy atom. The lowest BCUT2D eigenvalue weighted by Crippen LogP contribution is -2.45. The summed E-state index contributed by atoms with van der Waals surface area (Å²) in [5.41, 5.74) is 0. The zero-order chi connectivity index (χ0) is 11.4. The first-order valence-electron chi connectivity index (χ1n) is 5.59. The Labute approximate surface area is 90.8 Å². The molecule has 0 aromatic rings. The number of carbonyl (C=O) groups excluding carboxylic acids is 2. The molecule has 86 valence electrons. The highest BCUT2D eigenvalue weighted by Gasteiger charge is 2.39. The Bertz CT molecular complexity index is 243. The van der Waals surface area contributed by atoms with Gasteiger partial charge in [0.25, 0.3) is 0 Å². The lowest BCUT2D eigenvalue weighted by atomic mass is 9.89. The normalized spacial score (nSPS) is 35.1. The lowest BCUT2D eigenvalue weighted by molar-refractivity contribution is -0.124. The Hall–Kier alpha value is -0.900. The van der Waals surface area contributed by atoms with Crippen molar-refractivity contribution in [3.8, 4) is 0 Å². The first-order chi connectivity index (χ1) is 7.11. The summed E-state index contributed by atoms with van der Waals surface area (Å²) in [5, 5.41) is 5.92. The van der Waals surface area contributed by atoms with E-state index in [0.29, 0.717) is 24.2 Å². The predicted molar refractivity (Wildman–Crippen MR) is 58.4 cm³/mol. The van der Waals surface area contributed by atoms with E-state index in [0.717, 1.165) is 6.42 Å². The van der Waals surface area contributed by atoms with Gasteiger partial charge < -0.3 is 15.4 Å². The van der Waals surface area contributed by atoms with Gasteiger partial charge in [0.2, 0.25) is 5.91 Å². The first-order valence-corrected chi connectivity index (χ1v) is 5.59. The highest BCUT2D eigenvalue weighted by Crippen LogP contribution is 2.28. The van der Waals surface area contributed by atoms with Crippen LogP contribution in [0, 0.1) is 11.8 Å². The second kappa shape index (κ2) is 5.26. The highest BCUT2D eigenvalue weighted by atomic mass is 16.2. The third kappa shape index (κ3) is 2.56. The van der Waals surface area contributed by atoms with Crippen molar-refractivity contribution in [2.45, 2.75) is 39.3 Å². The van der Waals surface area contributed by atoms with Crippen LogP contribution in [0.25, 0.3) is 0 Å². The molecule has 1 aliphatic rings. The summed E-state index contributed by atoms with van der Waals surface area (Å²) in [6.07, 6.45) is 1.74. The lowest BCUT2D eigenvalue weighted by Gasteiger charge is -2.16. The number of hydrogen-bond donors (Lipinski definition) is 2. The standard InChI is InChI=1S/C11H20N2O2/c1-4-9-7(2)8(3)10(13-9)11(15)12-5-6-14/h6-10,13H,4-5H2,1-3H3,(H,12,15)/t7-,8?,9?,10?/m0/s1. The van der Waals surface area contributed by atoms with Crippen LogP contribution in [0.15, 0.2) is 0 Å². The Kier molecular flexibility index (Phi) is 4.27. The molecule has 1 heterocycles. The van der Waals surface area contributed by atoms with Gasteiger partial charge in [0, 0.05) is 6.04 Å². The fourth-order valence-electron chi connectivity index (χ4n) is 2.26. The molecule has 0 radical (unpaired) electrons. The van der Waals surface area contributed by atoms with Gasteiger partial charge in [-0.15, -0.1) is 0 Å². The van der Waals surface area contributed by atoms with Gasteiger partial charge in [0.15, 0.2) is 0 Å². The molecular formula is C11H20N2O2. The minimum absolute atomic E-state index is 0.0580. The number of hydrogen-bond acceptors (Lipinski definition) is 3. The molecule has 15 heavy (non-hydrogen) atoms. The van der Waals surface area contributed by atoms with Crippen LogP contribution in [0.1, 0.15) is 27.2 Å². The molecule has 1 amide bonds. The van der Waals surface area contributed by atoms with Crippen LogP contribution in [0.2, 0.25) is 0 Å². The molecule has 0 aliphatic carbocycles. The van der Waals surface area contributed by atoms with Crippen molar-refractivity contribution in [2.24, 2.45) is 11.8 Å². The summed E-state index contributed by atoms with van der Waals surface area (Å²) >= 11 is 0. The van der Waals surface area contributed by atoms with Crippen molar-refractivity contribution in [1.29, 1.82) is 0 Å². The Morgan fingerprint density at radius 3 is 2.53 bits per heavy atom. The van der Waals surface area contributed by atoms with Gasteiger partial charge in [-0.3, -0.25) is 4.79 Å². The van der Waals surface area contributed by atoms with E-state index < -0.39 is 0 Å². The van der Waals surface area contributed by atoms with E-state index in [1.165, 1.54) is 0 Å². The fraction of sp³-hybridized carbons (Fsp3) is 0.818. The maximum Gasteiger partial charge on any atom is 0.237 e. The van der Waals surface area contributed by atoms with Crippen molar-refractivity contribution in [1.82, 2.24) is 10.6 Å². The zero-order valence-electron chi connectivity index (χ0n) is 9.62. The smallest absolute Gasteiger partial charge is 0.237 e. The van der Waals surface area contributed by atoms with E-state index >= 15 is 0 Å². The van der Waals surface area contributed by atoms with Gasteiger partial charge >= 0.3 is 0 Å². The van der Waals surface area contributed by atoms with E-state index in [2.05, 4.69) is 31.4 Å². The summed E-state index contributed by atoms with van der Waals surface area (Å²) in [4.78, 5) is 21.8. The quantitative estimate of drug-likeness (QED) is 0.660. The third-order valence-corrected chi connectivity index (χ3v) is 3.47. The molecule has 0 saturated carbocycles. The minimum Gasteiger partial charge on any atom is -0.348 e. The molecule has 4 heteroatoms. The van der Waals surface area contributed by atoms with E-state index in [1.807, 2.05) is 0 Å². The Morgan fingerprint density at radius 2 is 2.07 bits per heavy atom. The topological polar surface area (TPSA) is 58.2 Å². The largest absolute Gasteiger partial charge is 0.348 e. The molecule has 0 bridgehead atoms. The van der Waals surface area contributed by atoms with Crippen LogP contribution in [0.5, 0.6) is 0 Å².